The number of amides is 1. The summed E-state index contributed by atoms with van der Waals surface area (Å²) < 4.78 is 10.0. The third-order valence-corrected chi connectivity index (χ3v) is 3.60. The van der Waals surface area contributed by atoms with Crippen LogP contribution in [0, 0.1) is 0 Å². The molecule has 112 valence electrons. The Hall–Kier alpha value is -2.21. The van der Waals surface area contributed by atoms with E-state index in [0.29, 0.717) is 16.8 Å². The van der Waals surface area contributed by atoms with Crippen LogP contribution in [0.25, 0.3) is 0 Å². The molecule has 0 saturated heterocycles. The van der Waals surface area contributed by atoms with Crippen LogP contribution in [0.5, 0.6) is 0 Å². The number of hydrogen-bond donors (Lipinski definition) is 0. The molecule has 1 aliphatic heterocycles. The lowest BCUT2D eigenvalue weighted by molar-refractivity contribution is -0.123. The van der Waals surface area contributed by atoms with Gasteiger partial charge in [-0.05, 0) is 24.6 Å². The van der Waals surface area contributed by atoms with Crippen molar-refractivity contribution in [1.82, 2.24) is 0 Å². The van der Waals surface area contributed by atoms with Gasteiger partial charge in [0.15, 0.2) is 0 Å². The van der Waals surface area contributed by atoms with Gasteiger partial charge in [0.25, 0.3) is 0 Å². The highest BCUT2D eigenvalue weighted by atomic mass is 16.5. The van der Waals surface area contributed by atoms with E-state index in [1.165, 1.54) is 33.0 Å². The van der Waals surface area contributed by atoms with Gasteiger partial charge in [0.05, 0.1) is 24.3 Å². The van der Waals surface area contributed by atoms with Crippen molar-refractivity contribution in [3.8, 4) is 0 Å². The fourth-order valence-corrected chi connectivity index (χ4v) is 2.71. The molecule has 0 spiro atoms. The molecule has 0 aromatic heterocycles. The summed E-state index contributed by atoms with van der Waals surface area (Å²) in [6, 6.07) is 4.80. The highest BCUT2D eigenvalue weighted by molar-refractivity contribution is 6.01. The van der Waals surface area contributed by atoms with Gasteiger partial charge in [-0.3, -0.25) is 14.5 Å². The summed E-state index contributed by atoms with van der Waals surface area (Å²) in [4.78, 5) is 36.9. The molecule has 1 heterocycles. The van der Waals surface area contributed by atoms with Gasteiger partial charge in [0, 0.05) is 14.0 Å². The van der Waals surface area contributed by atoms with Gasteiger partial charge in [-0.15, -0.1) is 0 Å². The zero-order valence-electron chi connectivity index (χ0n) is 12.4. The number of ketones is 1. The van der Waals surface area contributed by atoms with Crippen LogP contribution in [0.3, 0.4) is 0 Å². The number of Topliss-reactive ketones (excluding diaryl/α,β-unsaturated/α-hetero) is 1. The molecule has 2 rings (SSSR count). The number of rotatable bonds is 3. The van der Waals surface area contributed by atoms with Gasteiger partial charge in [0.2, 0.25) is 5.91 Å². The summed E-state index contributed by atoms with van der Waals surface area (Å²) in [6.07, 6.45) is -0.692. The van der Waals surface area contributed by atoms with Crippen molar-refractivity contribution in [2.24, 2.45) is 0 Å². The van der Waals surface area contributed by atoms with Crippen LogP contribution in [-0.2, 0) is 19.1 Å². The molecule has 0 aliphatic carbocycles. The lowest BCUT2D eigenvalue weighted by atomic mass is 9.95. The number of hydrogen-bond acceptors (Lipinski definition) is 5. The molecule has 6 heteroatoms. The van der Waals surface area contributed by atoms with Crippen LogP contribution < -0.4 is 4.90 Å². The largest absolute Gasteiger partial charge is 0.465 e. The second-order valence-corrected chi connectivity index (χ2v) is 4.87. The molecule has 1 aromatic rings. The zero-order chi connectivity index (χ0) is 15.7. The molecule has 21 heavy (non-hydrogen) atoms. The minimum Gasteiger partial charge on any atom is -0.465 e. The molecule has 0 fully saturated rings. The van der Waals surface area contributed by atoms with E-state index in [4.69, 9.17) is 4.74 Å². The average Bonchev–Trinajstić information content (AvgIpc) is 2.79. The molecule has 1 aromatic carbocycles. The Bertz CT molecular complexity index is 610. The maximum absolute atomic E-state index is 11.9. The van der Waals surface area contributed by atoms with E-state index in [2.05, 4.69) is 4.74 Å². The van der Waals surface area contributed by atoms with Gasteiger partial charge in [0.1, 0.15) is 12.0 Å². The number of esters is 1. The second kappa shape index (κ2) is 5.65. The third kappa shape index (κ3) is 2.42. The van der Waals surface area contributed by atoms with Crippen molar-refractivity contribution < 1.29 is 23.9 Å². The van der Waals surface area contributed by atoms with Gasteiger partial charge < -0.3 is 9.47 Å². The maximum Gasteiger partial charge on any atom is 0.337 e. The molecular formula is C15H17NO5. The highest BCUT2D eigenvalue weighted by Gasteiger charge is 2.43. The Morgan fingerprint density at radius 3 is 2.29 bits per heavy atom. The van der Waals surface area contributed by atoms with E-state index in [0.717, 1.165) is 0 Å². The molecule has 0 saturated carbocycles. The summed E-state index contributed by atoms with van der Waals surface area (Å²) in [6.45, 7) is 2.85. The molecule has 0 bridgehead atoms. The van der Waals surface area contributed by atoms with Gasteiger partial charge in [-0.25, -0.2) is 4.79 Å². The first-order valence-corrected chi connectivity index (χ1v) is 6.47. The quantitative estimate of drug-likeness (QED) is 0.789. The minimum absolute atomic E-state index is 0.0994. The van der Waals surface area contributed by atoms with Crippen LogP contribution in [0.1, 0.15) is 35.7 Å². The molecule has 1 aliphatic rings. The Kier molecular flexibility index (Phi) is 4.09. The van der Waals surface area contributed by atoms with Gasteiger partial charge in [-0.2, -0.15) is 0 Å². The SMILES string of the molecule is COC(=O)c1ccc2c(c1)N(C(C)=O)C(OC)C2C(C)=O. The van der Waals surface area contributed by atoms with Crippen LogP contribution in [0.2, 0.25) is 0 Å². The van der Waals surface area contributed by atoms with Crippen LogP contribution in [0.15, 0.2) is 18.2 Å². The maximum atomic E-state index is 11.9. The first-order chi connectivity index (χ1) is 9.92. The number of anilines is 1. The predicted octanol–water partition coefficient (Wildman–Crippen LogP) is 1.48. The van der Waals surface area contributed by atoms with Crippen LogP contribution in [-0.4, -0.2) is 38.1 Å². The minimum atomic E-state index is -0.692. The van der Waals surface area contributed by atoms with Crippen molar-refractivity contribution in [1.29, 1.82) is 0 Å². The number of benzene rings is 1. The van der Waals surface area contributed by atoms with E-state index in [1.54, 1.807) is 18.2 Å². The average molecular weight is 291 g/mol. The summed E-state index contributed by atoms with van der Waals surface area (Å²) in [5.74, 6) is -1.41. The number of nitrogens with zero attached hydrogens (tertiary/aromatic N) is 1. The van der Waals surface area contributed by atoms with Crippen molar-refractivity contribution in [3.63, 3.8) is 0 Å². The topological polar surface area (TPSA) is 72.9 Å². The number of ether oxygens (including phenoxy) is 2. The molecule has 2 atom stereocenters. The lowest BCUT2D eigenvalue weighted by Gasteiger charge is -2.25. The number of fused-ring (bicyclic) bond motifs is 1. The number of carbonyl (C=O) groups excluding carboxylic acids is 3. The van der Waals surface area contributed by atoms with Crippen LogP contribution in [0.4, 0.5) is 5.69 Å². The Morgan fingerprint density at radius 1 is 1.14 bits per heavy atom. The van der Waals surface area contributed by atoms with E-state index < -0.39 is 18.1 Å². The second-order valence-electron chi connectivity index (χ2n) is 4.87. The van der Waals surface area contributed by atoms with Crippen molar-refractivity contribution >= 4 is 23.3 Å². The van der Waals surface area contributed by atoms with Crippen molar-refractivity contribution in [2.45, 2.75) is 26.0 Å². The Balaban J connectivity index is 2.60. The molecular weight excluding hydrogens is 274 g/mol. The fourth-order valence-electron chi connectivity index (χ4n) is 2.71. The van der Waals surface area contributed by atoms with E-state index in [-0.39, 0.29) is 11.7 Å². The first-order valence-electron chi connectivity index (χ1n) is 6.47. The molecule has 6 nitrogen and oxygen atoms in total. The highest BCUT2D eigenvalue weighted by Crippen LogP contribution is 2.42. The molecule has 0 radical (unpaired) electrons. The summed E-state index contributed by atoms with van der Waals surface area (Å²) in [5, 5.41) is 0. The lowest BCUT2D eigenvalue weighted by Crippen LogP contribution is -2.40. The predicted molar refractivity (Wildman–Crippen MR) is 75.2 cm³/mol. The fraction of sp³-hybridized carbons (Fsp3) is 0.400. The number of carbonyl (C=O) groups is 3. The summed E-state index contributed by atoms with van der Waals surface area (Å²) in [5.41, 5.74) is 1.51. The van der Waals surface area contributed by atoms with E-state index in [9.17, 15) is 14.4 Å². The third-order valence-electron chi connectivity index (χ3n) is 3.60. The monoisotopic (exact) mass is 291 g/mol. The number of methoxy groups -OCH3 is 2. The molecule has 2 unspecified atom stereocenters. The molecule has 0 N–H and O–H groups in total. The van der Waals surface area contributed by atoms with Gasteiger partial charge >= 0.3 is 5.97 Å². The van der Waals surface area contributed by atoms with Crippen LogP contribution >= 0.6 is 0 Å². The smallest absolute Gasteiger partial charge is 0.337 e. The summed E-state index contributed by atoms with van der Waals surface area (Å²) >= 11 is 0. The van der Waals surface area contributed by atoms with E-state index in [1.807, 2.05) is 0 Å². The first kappa shape index (κ1) is 15.2. The van der Waals surface area contributed by atoms with Gasteiger partial charge in [-0.1, -0.05) is 6.07 Å². The zero-order valence-corrected chi connectivity index (χ0v) is 12.4. The normalized spacial score (nSPS) is 20.1. The van der Waals surface area contributed by atoms with E-state index >= 15 is 0 Å². The molecule has 1 amide bonds. The van der Waals surface area contributed by atoms with Crippen molar-refractivity contribution in [3.05, 3.63) is 29.3 Å². The standard InChI is InChI=1S/C15H17NO5/c1-8(17)13-11-6-5-10(15(19)21-4)7-12(11)16(9(2)18)14(13)20-3/h5-7,13-14H,1-4H3. The summed E-state index contributed by atoms with van der Waals surface area (Å²) in [7, 11) is 2.73. The Labute approximate surface area is 122 Å². The Morgan fingerprint density at radius 2 is 1.81 bits per heavy atom. The van der Waals surface area contributed by atoms with Crippen molar-refractivity contribution in [2.75, 3.05) is 19.1 Å².